The highest BCUT2D eigenvalue weighted by atomic mass is 16.5. The first-order valence-electron chi connectivity index (χ1n) is 10.6. The molecule has 160 valence electrons. The average molecular weight is 411 g/mol. The number of carbonyl (C=O) groups excluding carboxylic acids is 1. The molecule has 2 aromatic rings. The third-order valence-electron chi connectivity index (χ3n) is 5.50. The van der Waals surface area contributed by atoms with E-state index >= 15 is 0 Å². The number of rotatable bonds is 7. The van der Waals surface area contributed by atoms with Crippen molar-refractivity contribution in [2.45, 2.75) is 32.2 Å². The topological polar surface area (TPSA) is 78.9 Å². The number of ether oxygens (including phenoxy) is 1. The number of benzene rings is 2. The molecule has 1 saturated carbocycles. The second-order valence-corrected chi connectivity index (χ2v) is 7.91. The summed E-state index contributed by atoms with van der Waals surface area (Å²) in [6.07, 6.45) is 4.48. The summed E-state index contributed by atoms with van der Waals surface area (Å²) in [5.74, 6) is 2.96. The maximum atomic E-state index is 11.8. The Morgan fingerprint density at radius 3 is 2.37 bits per heavy atom. The predicted octanol–water partition coefficient (Wildman–Crippen LogP) is 3.92. The maximum Gasteiger partial charge on any atom is 0.290 e. The fourth-order valence-electron chi connectivity index (χ4n) is 3.67. The van der Waals surface area contributed by atoms with Gasteiger partial charge in [0.2, 0.25) is 5.91 Å². The van der Waals surface area contributed by atoms with Gasteiger partial charge in [0, 0.05) is 19.0 Å². The fraction of sp³-hybridized carbons (Fsp3) is 0.417. The number of carboxylic acid groups (broad SMARTS) is 1. The van der Waals surface area contributed by atoms with E-state index < -0.39 is 0 Å². The monoisotopic (exact) mass is 410 g/mol. The highest BCUT2D eigenvalue weighted by Crippen LogP contribution is 2.29. The van der Waals surface area contributed by atoms with Crippen LogP contribution in [0.4, 0.5) is 0 Å². The smallest absolute Gasteiger partial charge is 0.290 e. The van der Waals surface area contributed by atoms with E-state index in [0.29, 0.717) is 11.8 Å². The van der Waals surface area contributed by atoms with Gasteiger partial charge in [-0.05, 0) is 74.5 Å². The molecule has 1 heterocycles. The number of hydrogen-bond acceptors (Lipinski definition) is 4. The molecule has 1 aliphatic heterocycles. The van der Waals surface area contributed by atoms with Gasteiger partial charge in [0.1, 0.15) is 11.5 Å². The van der Waals surface area contributed by atoms with Gasteiger partial charge in [-0.1, -0.05) is 30.3 Å². The zero-order chi connectivity index (χ0) is 21.2. The van der Waals surface area contributed by atoms with E-state index in [1.165, 1.54) is 5.56 Å². The molecular weight excluding hydrogens is 380 g/mol. The largest absolute Gasteiger partial charge is 0.483 e. The second kappa shape index (κ2) is 11.4. The van der Waals surface area contributed by atoms with Crippen molar-refractivity contribution in [3.8, 4) is 11.5 Å². The number of nitrogens with zero attached hydrogens (tertiary/aromatic N) is 1. The zero-order valence-corrected chi connectivity index (χ0v) is 17.2. The Labute approximate surface area is 177 Å². The lowest BCUT2D eigenvalue weighted by Gasteiger charge is -2.32. The Kier molecular flexibility index (Phi) is 8.27. The van der Waals surface area contributed by atoms with Crippen LogP contribution in [0.15, 0.2) is 54.6 Å². The minimum Gasteiger partial charge on any atom is -0.483 e. The van der Waals surface area contributed by atoms with Gasteiger partial charge in [0.15, 0.2) is 0 Å². The summed E-state index contributed by atoms with van der Waals surface area (Å²) in [4.78, 5) is 22.6. The van der Waals surface area contributed by atoms with E-state index in [1.54, 1.807) is 0 Å². The molecule has 0 spiro atoms. The van der Waals surface area contributed by atoms with Gasteiger partial charge in [0.25, 0.3) is 6.47 Å². The first kappa shape index (κ1) is 21.8. The Bertz CT molecular complexity index is 800. The molecule has 2 aromatic carbocycles. The van der Waals surface area contributed by atoms with Crippen molar-refractivity contribution in [3.05, 3.63) is 60.2 Å². The third kappa shape index (κ3) is 7.19. The molecule has 1 saturated heterocycles. The van der Waals surface area contributed by atoms with Gasteiger partial charge in [-0.2, -0.15) is 0 Å². The normalized spacial score (nSPS) is 16.8. The Morgan fingerprint density at radius 1 is 1.03 bits per heavy atom. The molecule has 6 heteroatoms. The highest BCUT2D eigenvalue weighted by molar-refractivity contribution is 5.80. The van der Waals surface area contributed by atoms with E-state index in [2.05, 4.69) is 28.4 Å². The van der Waals surface area contributed by atoms with Crippen molar-refractivity contribution in [2.75, 3.05) is 19.6 Å². The number of likely N-dealkylation sites (tertiary alicyclic amines) is 1. The van der Waals surface area contributed by atoms with Gasteiger partial charge in [-0.3, -0.25) is 14.5 Å². The van der Waals surface area contributed by atoms with Crippen LogP contribution in [0.2, 0.25) is 0 Å². The number of piperidine rings is 1. The summed E-state index contributed by atoms with van der Waals surface area (Å²) >= 11 is 0. The van der Waals surface area contributed by atoms with Gasteiger partial charge in [0.05, 0.1) is 0 Å². The van der Waals surface area contributed by atoms with Crippen molar-refractivity contribution in [2.24, 2.45) is 11.8 Å². The standard InChI is InChI=1S/C23H28N2O2.CH2O2/c26-23(20-9-10-20)24-16-18-11-13-25(14-12-18)17-19-5-4-8-22(15-19)27-21-6-2-1-3-7-21;2-1-3/h1-8,15,18,20H,9-14,16-17H2,(H,24,26);1H,(H,2,3). The van der Waals surface area contributed by atoms with Crippen molar-refractivity contribution in [1.82, 2.24) is 10.2 Å². The summed E-state index contributed by atoms with van der Waals surface area (Å²) in [6, 6.07) is 18.3. The Hall–Kier alpha value is -2.86. The molecule has 0 unspecified atom stereocenters. The summed E-state index contributed by atoms with van der Waals surface area (Å²) in [7, 11) is 0. The lowest BCUT2D eigenvalue weighted by molar-refractivity contribution is -0.123. The molecular formula is C24H30N2O4. The molecule has 0 bridgehead atoms. The minimum absolute atomic E-state index is 0.250. The van der Waals surface area contributed by atoms with Crippen LogP contribution < -0.4 is 10.1 Å². The zero-order valence-electron chi connectivity index (χ0n) is 17.2. The molecule has 1 aliphatic carbocycles. The summed E-state index contributed by atoms with van der Waals surface area (Å²) in [6.45, 7) is 3.73. The van der Waals surface area contributed by atoms with Gasteiger partial charge in [-0.15, -0.1) is 0 Å². The maximum absolute atomic E-state index is 11.8. The van der Waals surface area contributed by atoms with Crippen LogP contribution in [0.1, 0.15) is 31.2 Å². The SMILES string of the molecule is O=C(NCC1CCN(Cc2cccc(Oc3ccccc3)c2)CC1)C1CC1.O=CO. The minimum atomic E-state index is -0.250. The Morgan fingerprint density at radius 2 is 1.70 bits per heavy atom. The molecule has 0 aromatic heterocycles. The molecule has 0 radical (unpaired) electrons. The number of hydrogen-bond donors (Lipinski definition) is 2. The van der Waals surface area contributed by atoms with Gasteiger partial charge < -0.3 is 15.2 Å². The predicted molar refractivity (Wildman–Crippen MR) is 115 cm³/mol. The number of carbonyl (C=O) groups is 2. The Balaban J connectivity index is 0.000000806. The van der Waals surface area contributed by atoms with Crippen LogP contribution in [-0.4, -0.2) is 42.0 Å². The lowest BCUT2D eigenvalue weighted by Crippen LogP contribution is -2.38. The average Bonchev–Trinajstić information content (AvgIpc) is 3.60. The van der Waals surface area contributed by atoms with E-state index in [-0.39, 0.29) is 12.4 Å². The van der Waals surface area contributed by atoms with Crippen molar-refractivity contribution < 1.29 is 19.4 Å². The molecule has 2 aliphatic rings. The summed E-state index contributed by atoms with van der Waals surface area (Å²) in [5.41, 5.74) is 1.28. The fourth-order valence-corrected chi connectivity index (χ4v) is 3.67. The van der Waals surface area contributed by atoms with Crippen LogP contribution in [0.3, 0.4) is 0 Å². The van der Waals surface area contributed by atoms with Crippen molar-refractivity contribution >= 4 is 12.4 Å². The summed E-state index contributed by atoms with van der Waals surface area (Å²) < 4.78 is 5.95. The van der Waals surface area contributed by atoms with E-state index in [1.807, 2.05) is 36.4 Å². The van der Waals surface area contributed by atoms with E-state index in [4.69, 9.17) is 14.6 Å². The van der Waals surface area contributed by atoms with Gasteiger partial charge in [-0.25, -0.2) is 0 Å². The van der Waals surface area contributed by atoms with E-state index in [0.717, 1.165) is 63.4 Å². The van der Waals surface area contributed by atoms with Crippen molar-refractivity contribution in [1.29, 1.82) is 0 Å². The first-order valence-corrected chi connectivity index (χ1v) is 10.6. The lowest BCUT2D eigenvalue weighted by atomic mass is 9.96. The second-order valence-electron chi connectivity index (χ2n) is 7.91. The van der Waals surface area contributed by atoms with Crippen LogP contribution in [0.25, 0.3) is 0 Å². The van der Waals surface area contributed by atoms with Crippen LogP contribution in [0.5, 0.6) is 11.5 Å². The highest BCUT2D eigenvalue weighted by Gasteiger charge is 2.30. The van der Waals surface area contributed by atoms with E-state index in [9.17, 15) is 4.79 Å². The molecule has 2 N–H and O–H groups in total. The third-order valence-corrected chi connectivity index (χ3v) is 5.50. The number of para-hydroxylation sites is 1. The molecule has 1 amide bonds. The molecule has 30 heavy (non-hydrogen) atoms. The van der Waals surface area contributed by atoms with Gasteiger partial charge >= 0.3 is 0 Å². The number of nitrogens with one attached hydrogen (secondary N) is 1. The van der Waals surface area contributed by atoms with Crippen molar-refractivity contribution in [3.63, 3.8) is 0 Å². The first-order chi connectivity index (χ1) is 14.7. The molecule has 4 rings (SSSR count). The van der Waals surface area contributed by atoms with Crippen LogP contribution in [-0.2, 0) is 16.1 Å². The summed E-state index contributed by atoms with van der Waals surface area (Å²) in [5, 5.41) is 10.0. The quantitative estimate of drug-likeness (QED) is 0.677. The van der Waals surface area contributed by atoms with Crippen LogP contribution in [0, 0.1) is 11.8 Å². The molecule has 2 fully saturated rings. The van der Waals surface area contributed by atoms with Crippen LogP contribution >= 0.6 is 0 Å². The number of amides is 1. The molecule has 0 atom stereocenters. The molecule has 6 nitrogen and oxygen atoms in total.